The van der Waals surface area contributed by atoms with Crippen LogP contribution in [0.15, 0.2) is 12.1 Å². The van der Waals surface area contributed by atoms with Gasteiger partial charge >= 0.3 is 0 Å². The minimum atomic E-state index is -0.893. The molecule has 0 bridgehead atoms. The van der Waals surface area contributed by atoms with E-state index in [4.69, 9.17) is 5.26 Å². The van der Waals surface area contributed by atoms with E-state index in [9.17, 15) is 13.0 Å². The highest BCUT2D eigenvalue weighted by atomic mass is 32.2. The standard InChI is InChI=1S/C11H10F2N2OS/c12-9-5-8(7-14)6-10(13)11(9)15-1-3-17(16)4-2-15/h5-6H,1-4H2. The van der Waals surface area contributed by atoms with Gasteiger partial charge < -0.3 is 4.90 Å². The number of benzene rings is 1. The fraction of sp³-hybridized carbons (Fsp3) is 0.364. The highest BCUT2D eigenvalue weighted by molar-refractivity contribution is 7.85. The quantitative estimate of drug-likeness (QED) is 0.763. The molecule has 0 radical (unpaired) electrons. The molecule has 1 aromatic rings. The Kier molecular flexibility index (Phi) is 3.38. The summed E-state index contributed by atoms with van der Waals surface area (Å²) in [4.78, 5) is 1.53. The molecule has 0 amide bonds. The van der Waals surface area contributed by atoms with Gasteiger partial charge in [0.15, 0.2) is 11.6 Å². The first-order chi connectivity index (χ1) is 8.11. The van der Waals surface area contributed by atoms with Gasteiger partial charge in [0.05, 0.1) is 11.6 Å². The maximum atomic E-state index is 13.7. The second kappa shape index (κ2) is 4.80. The SMILES string of the molecule is N#Cc1cc(F)c(N2CCS(=O)CC2)c(F)c1. The van der Waals surface area contributed by atoms with Gasteiger partial charge in [-0.15, -0.1) is 0 Å². The van der Waals surface area contributed by atoms with Crippen molar-refractivity contribution in [1.82, 2.24) is 0 Å². The van der Waals surface area contributed by atoms with Gasteiger partial charge in [0.25, 0.3) is 0 Å². The Bertz CT molecular complexity index is 480. The van der Waals surface area contributed by atoms with Crippen molar-refractivity contribution < 1.29 is 13.0 Å². The number of rotatable bonds is 1. The Morgan fingerprint density at radius 1 is 1.24 bits per heavy atom. The summed E-state index contributed by atoms with van der Waals surface area (Å²) in [5.74, 6) is -0.652. The van der Waals surface area contributed by atoms with Crippen molar-refractivity contribution in [3.63, 3.8) is 0 Å². The molecule has 1 saturated heterocycles. The fourth-order valence-corrected chi connectivity index (χ4v) is 2.85. The molecule has 1 aliphatic rings. The summed E-state index contributed by atoms with van der Waals surface area (Å²) in [5, 5.41) is 8.59. The van der Waals surface area contributed by atoms with Crippen molar-refractivity contribution in [3.8, 4) is 6.07 Å². The summed E-state index contributed by atoms with van der Waals surface area (Å²) < 4.78 is 38.5. The van der Waals surface area contributed by atoms with Gasteiger partial charge in [-0.1, -0.05) is 0 Å². The summed E-state index contributed by atoms with van der Waals surface area (Å²) >= 11 is 0. The number of hydrogen-bond acceptors (Lipinski definition) is 3. The summed E-state index contributed by atoms with van der Waals surface area (Å²) in [6, 6.07) is 3.73. The molecule has 1 heterocycles. The van der Waals surface area contributed by atoms with Crippen molar-refractivity contribution in [2.75, 3.05) is 29.5 Å². The van der Waals surface area contributed by atoms with E-state index in [0.29, 0.717) is 24.6 Å². The van der Waals surface area contributed by atoms with Crippen molar-refractivity contribution in [3.05, 3.63) is 29.3 Å². The van der Waals surface area contributed by atoms with Crippen LogP contribution in [0, 0.1) is 23.0 Å². The van der Waals surface area contributed by atoms with E-state index < -0.39 is 22.4 Å². The van der Waals surface area contributed by atoms with Gasteiger partial charge in [0.1, 0.15) is 5.69 Å². The first-order valence-electron chi connectivity index (χ1n) is 5.11. The van der Waals surface area contributed by atoms with E-state index in [-0.39, 0.29) is 11.3 Å². The third kappa shape index (κ3) is 2.44. The molecule has 1 aromatic carbocycles. The summed E-state index contributed by atoms with van der Waals surface area (Å²) in [6.07, 6.45) is 0. The van der Waals surface area contributed by atoms with Gasteiger partial charge in [-0.2, -0.15) is 5.26 Å². The lowest BCUT2D eigenvalue weighted by molar-refractivity contribution is 0.571. The summed E-state index contributed by atoms with van der Waals surface area (Å²) in [7, 11) is -0.893. The molecule has 17 heavy (non-hydrogen) atoms. The van der Waals surface area contributed by atoms with Crippen molar-refractivity contribution in [2.24, 2.45) is 0 Å². The van der Waals surface area contributed by atoms with Gasteiger partial charge in [-0.25, -0.2) is 8.78 Å². The molecule has 0 N–H and O–H groups in total. The molecule has 0 aromatic heterocycles. The molecule has 0 aliphatic carbocycles. The van der Waals surface area contributed by atoms with Crippen LogP contribution < -0.4 is 4.90 Å². The average Bonchev–Trinajstić information content (AvgIpc) is 2.30. The molecule has 2 rings (SSSR count). The minimum absolute atomic E-state index is 0.0377. The van der Waals surface area contributed by atoms with Gasteiger partial charge in [-0.3, -0.25) is 4.21 Å². The molecule has 1 aliphatic heterocycles. The van der Waals surface area contributed by atoms with Gasteiger partial charge in [0.2, 0.25) is 0 Å². The van der Waals surface area contributed by atoms with Crippen LogP contribution >= 0.6 is 0 Å². The lowest BCUT2D eigenvalue weighted by atomic mass is 10.2. The van der Waals surface area contributed by atoms with Crippen molar-refractivity contribution >= 4 is 16.5 Å². The van der Waals surface area contributed by atoms with E-state index in [1.54, 1.807) is 6.07 Å². The van der Waals surface area contributed by atoms with Crippen molar-refractivity contribution in [1.29, 1.82) is 5.26 Å². The normalized spacial score (nSPS) is 16.9. The maximum absolute atomic E-state index is 13.7. The first-order valence-corrected chi connectivity index (χ1v) is 6.59. The first kappa shape index (κ1) is 12.0. The van der Waals surface area contributed by atoms with Crippen LogP contribution in [0.1, 0.15) is 5.56 Å². The highest BCUT2D eigenvalue weighted by Gasteiger charge is 2.22. The molecule has 90 valence electrons. The van der Waals surface area contributed by atoms with Crippen LogP contribution in [-0.2, 0) is 10.8 Å². The lowest BCUT2D eigenvalue weighted by Gasteiger charge is -2.28. The van der Waals surface area contributed by atoms with Gasteiger partial charge in [-0.05, 0) is 12.1 Å². The Balaban J connectivity index is 2.33. The number of nitriles is 1. The third-order valence-corrected chi connectivity index (χ3v) is 3.92. The molecule has 3 nitrogen and oxygen atoms in total. The zero-order valence-electron chi connectivity index (χ0n) is 8.95. The van der Waals surface area contributed by atoms with E-state index in [2.05, 4.69) is 0 Å². The Morgan fingerprint density at radius 2 is 1.76 bits per heavy atom. The molecule has 0 saturated carbocycles. The fourth-order valence-electron chi connectivity index (χ4n) is 1.79. The number of nitrogens with zero attached hydrogens (tertiary/aromatic N) is 2. The van der Waals surface area contributed by atoms with Crippen molar-refractivity contribution in [2.45, 2.75) is 0 Å². The van der Waals surface area contributed by atoms with Crippen LogP contribution in [0.25, 0.3) is 0 Å². The zero-order chi connectivity index (χ0) is 12.4. The molecule has 0 atom stereocenters. The van der Waals surface area contributed by atoms with Crippen LogP contribution in [0.4, 0.5) is 14.5 Å². The predicted octanol–water partition coefficient (Wildman–Crippen LogP) is 1.41. The molecular formula is C11H10F2N2OS. The number of anilines is 1. The van der Waals surface area contributed by atoms with E-state index in [1.807, 2.05) is 0 Å². The summed E-state index contributed by atoms with van der Waals surface area (Å²) in [6.45, 7) is 0.735. The monoisotopic (exact) mass is 256 g/mol. The molecule has 0 unspecified atom stereocenters. The molecule has 1 fully saturated rings. The lowest BCUT2D eigenvalue weighted by Crippen LogP contribution is -2.38. The second-order valence-corrected chi connectivity index (χ2v) is 5.43. The van der Waals surface area contributed by atoms with E-state index >= 15 is 0 Å². The van der Waals surface area contributed by atoms with Gasteiger partial charge in [0, 0.05) is 35.4 Å². The molecular weight excluding hydrogens is 246 g/mol. The third-order valence-electron chi connectivity index (χ3n) is 2.64. The van der Waals surface area contributed by atoms with Crippen LogP contribution in [0.2, 0.25) is 0 Å². The highest BCUT2D eigenvalue weighted by Crippen LogP contribution is 2.25. The Morgan fingerprint density at radius 3 is 2.24 bits per heavy atom. The maximum Gasteiger partial charge on any atom is 0.150 e. The largest absolute Gasteiger partial charge is 0.365 e. The number of hydrogen-bond donors (Lipinski definition) is 0. The number of halogens is 2. The van der Waals surface area contributed by atoms with E-state index in [1.165, 1.54) is 4.90 Å². The zero-order valence-corrected chi connectivity index (χ0v) is 9.77. The smallest absolute Gasteiger partial charge is 0.150 e. The minimum Gasteiger partial charge on any atom is -0.365 e. The van der Waals surface area contributed by atoms with Crippen LogP contribution in [0.3, 0.4) is 0 Å². The average molecular weight is 256 g/mol. The Labute approximate surface area is 100 Å². The topological polar surface area (TPSA) is 44.1 Å². The summed E-state index contributed by atoms with van der Waals surface area (Å²) in [5.41, 5.74) is -0.162. The van der Waals surface area contributed by atoms with E-state index in [0.717, 1.165) is 12.1 Å². The molecule has 0 spiro atoms. The predicted molar refractivity (Wildman–Crippen MR) is 61.2 cm³/mol. The van der Waals surface area contributed by atoms with Crippen LogP contribution in [-0.4, -0.2) is 28.8 Å². The van der Waals surface area contributed by atoms with Crippen LogP contribution in [0.5, 0.6) is 0 Å². The second-order valence-electron chi connectivity index (χ2n) is 3.74. The Hall–Kier alpha value is -1.48. The molecule has 6 heteroatoms.